The van der Waals surface area contributed by atoms with Gasteiger partial charge in [0, 0.05) is 66.9 Å². The van der Waals surface area contributed by atoms with Gasteiger partial charge in [-0.25, -0.2) is 19.6 Å². The van der Waals surface area contributed by atoms with E-state index in [2.05, 4.69) is 37.1 Å². The summed E-state index contributed by atoms with van der Waals surface area (Å²) in [6, 6.07) is 23.7. The second kappa shape index (κ2) is 14.4. The first-order valence-corrected chi connectivity index (χ1v) is 18.4. The number of pyridine rings is 1. The molecule has 0 saturated carbocycles. The topological polar surface area (TPSA) is 132 Å². The smallest absolute Gasteiger partial charge is 0.264 e. The summed E-state index contributed by atoms with van der Waals surface area (Å²) >= 11 is 1.66. The molecule has 13 heteroatoms. The van der Waals surface area contributed by atoms with Crippen LogP contribution in [-0.2, 0) is 17.9 Å². The molecule has 2 fully saturated rings. The van der Waals surface area contributed by atoms with Crippen molar-refractivity contribution in [2.24, 2.45) is 5.92 Å². The van der Waals surface area contributed by atoms with E-state index in [1.54, 1.807) is 29.3 Å². The molecule has 4 aromatic heterocycles. The highest BCUT2D eigenvalue weighted by Gasteiger charge is 2.41. The number of piperidine rings is 2. The van der Waals surface area contributed by atoms with Crippen molar-refractivity contribution in [3.63, 3.8) is 0 Å². The molecule has 0 radical (unpaired) electrons. The van der Waals surface area contributed by atoms with Gasteiger partial charge < -0.3 is 14.7 Å². The lowest BCUT2D eigenvalue weighted by molar-refractivity contribution is -0.142. The molecule has 266 valence electrons. The van der Waals surface area contributed by atoms with Gasteiger partial charge in [-0.1, -0.05) is 48.5 Å². The number of ether oxygens (including phenoxy) is 1. The van der Waals surface area contributed by atoms with Crippen LogP contribution in [0.3, 0.4) is 0 Å². The van der Waals surface area contributed by atoms with Gasteiger partial charge in [0.2, 0.25) is 11.8 Å². The maximum atomic E-state index is 14.2. The summed E-state index contributed by atoms with van der Waals surface area (Å²) < 4.78 is 8.30. The van der Waals surface area contributed by atoms with Gasteiger partial charge in [-0.15, -0.1) is 11.3 Å². The van der Waals surface area contributed by atoms with Crippen LogP contribution in [0.1, 0.15) is 35.6 Å². The molecule has 6 heterocycles. The minimum absolute atomic E-state index is 0.0367. The molecular formula is C39H40N8O4S. The number of hydrogen-bond donors (Lipinski definition) is 1. The zero-order chi connectivity index (χ0) is 35.7. The molecule has 0 unspecified atom stereocenters. The molecule has 2 atom stereocenters. The van der Waals surface area contributed by atoms with Gasteiger partial charge in [0.15, 0.2) is 5.65 Å². The van der Waals surface area contributed by atoms with Crippen molar-refractivity contribution >= 4 is 28.3 Å². The fourth-order valence-corrected chi connectivity index (χ4v) is 8.48. The number of amides is 1. The Morgan fingerprint density at radius 1 is 0.942 bits per heavy atom. The fourth-order valence-electron chi connectivity index (χ4n) is 7.53. The molecule has 8 rings (SSSR count). The molecule has 1 N–H and O–H groups in total. The molecule has 0 aliphatic carbocycles. The van der Waals surface area contributed by atoms with Gasteiger partial charge in [0.05, 0.1) is 31.1 Å². The predicted molar refractivity (Wildman–Crippen MR) is 198 cm³/mol. The lowest BCUT2D eigenvalue weighted by Gasteiger charge is -2.43. The van der Waals surface area contributed by atoms with Gasteiger partial charge >= 0.3 is 0 Å². The van der Waals surface area contributed by atoms with Crippen molar-refractivity contribution in [3.8, 4) is 22.1 Å². The molecule has 2 aliphatic rings. The molecule has 6 aromatic rings. The summed E-state index contributed by atoms with van der Waals surface area (Å²) in [6.45, 7) is 3.28. The number of hydrogen-bond acceptors (Lipinski definition) is 10. The molecule has 52 heavy (non-hydrogen) atoms. The van der Waals surface area contributed by atoms with Crippen LogP contribution in [0.25, 0.3) is 27.3 Å². The largest absolute Gasteiger partial charge is 0.481 e. The van der Waals surface area contributed by atoms with Crippen molar-refractivity contribution in [2.75, 3.05) is 33.3 Å². The first-order chi connectivity index (χ1) is 25.4. The van der Waals surface area contributed by atoms with E-state index >= 15 is 0 Å². The number of para-hydroxylation sites is 1. The van der Waals surface area contributed by atoms with Crippen molar-refractivity contribution in [2.45, 2.75) is 43.9 Å². The third-order valence-electron chi connectivity index (χ3n) is 10.4. The molecule has 2 saturated heterocycles. The number of nitrogens with zero attached hydrogens (tertiary/aromatic N) is 8. The van der Waals surface area contributed by atoms with Crippen LogP contribution in [-0.4, -0.2) is 89.0 Å². The zero-order valence-corrected chi connectivity index (χ0v) is 29.7. The molecular weight excluding hydrogens is 677 g/mol. The van der Waals surface area contributed by atoms with Gasteiger partial charge in [-0.2, -0.15) is 5.10 Å². The number of aromatic nitrogens is 6. The van der Waals surface area contributed by atoms with E-state index in [9.17, 15) is 14.7 Å². The number of thiazole rings is 1. The zero-order valence-electron chi connectivity index (χ0n) is 28.9. The monoisotopic (exact) mass is 716 g/mol. The van der Waals surface area contributed by atoms with Crippen LogP contribution in [0.4, 0.5) is 0 Å². The van der Waals surface area contributed by atoms with Gasteiger partial charge in [0.1, 0.15) is 16.7 Å². The highest BCUT2D eigenvalue weighted by atomic mass is 32.1. The van der Waals surface area contributed by atoms with Crippen molar-refractivity contribution in [1.29, 1.82) is 0 Å². The minimum atomic E-state index is -1.14. The Hall–Kier alpha value is -5.24. The van der Waals surface area contributed by atoms with E-state index in [1.807, 2.05) is 71.8 Å². The Kier molecular flexibility index (Phi) is 9.39. The number of carbonyl (C=O) groups is 1. The summed E-state index contributed by atoms with van der Waals surface area (Å²) in [6.07, 6.45) is 8.23. The van der Waals surface area contributed by atoms with E-state index in [4.69, 9.17) is 4.74 Å². The average Bonchev–Trinajstić information content (AvgIpc) is 3.85. The molecule has 2 aliphatic heterocycles. The van der Waals surface area contributed by atoms with Crippen LogP contribution in [0, 0.1) is 5.92 Å². The summed E-state index contributed by atoms with van der Waals surface area (Å²) in [5.41, 5.74) is 2.02. The van der Waals surface area contributed by atoms with Gasteiger partial charge in [0.25, 0.3) is 5.56 Å². The molecule has 0 spiro atoms. The number of aliphatic hydroxyl groups is 1. The maximum Gasteiger partial charge on any atom is 0.264 e. The summed E-state index contributed by atoms with van der Waals surface area (Å²) in [5, 5.41) is 17.4. The average molecular weight is 717 g/mol. The molecule has 2 aromatic carbocycles. The third kappa shape index (κ3) is 6.86. The summed E-state index contributed by atoms with van der Waals surface area (Å²) in [4.78, 5) is 46.7. The third-order valence-corrected chi connectivity index (χ3v) is 11.4. The number of benzene rings is 2. The Balaban J connectivity index is 0.924. The quantitative estimate of drug-likeness (QED) is 0.225. The van der Waals surface area contributed by atoms with Gasteiger partial charge in [-0.3, -0.25) is 19.1 Å². The van der Waals surface area contributed by atoms with E-state index in [0.29, 0.717) is 42.8 Å². The van der Waals surface area contributed by atoms with Crippen molar-refractivity contribution < 1.29 is 14.6 Å². The first kappa shape index (κ1) is 33.9. The molecule has 1 amide bonds. The lowest BCUT2D eigenvalue weighted by Crippen LogP contribution is -2.53. The summed E-state index contributed by atoms with van der Waals surface area (Å²) in [5.74, 6) is 0.579. The Labute approximate surface area is 305 Å². The van der Waals surface area contributed by atoms with Crippen molar-refractivity contribution in [3.05, 3.63) is 119 Å². The lowest BCUT2D eigenvalue weighted by atomic mass is 9.79. The van der Waals surface area contributed by atoms with Crippen molar-refractivity contribution in [1.82, 2.24) is 39.1 Å². The second-order valence-corrected chi connectivity index (χ2v) is 14.8. The number of rotatable bonds is 9. The van der Waals surface area contributed by atoms with E-state index in [1.165, 1.54) is 17.1 Å². The minimum Gasteiger partial charge on any atom is -0.481 e. The summed E-state index contributed by atoms with van der Waals surface area (Å²) in [7, 11) is 1.60. The first-order valence-electron chi connectivity index (χ1n) is 17.6. The number of fused-ring (bicyclic) bond motifs is 1. The SMILES string of the molecule is COc1ccc(-c2ncc(CN3CC[C@@H](C(=O)N4CCC(O)(Cn5cnc6c(cnn6-c6ccccc6)c5=O)CC4)[C@H](c4ccccc4)C3)s2)cn1. The second-order valence-electron chi connectivity index (χ2n) is 13.7. The standard InChI is InChI=1S/C39H40N8O4S/c1-51-34-13-12-28(20-40-34)36-41-21-30(52-36)23-44-17-14-31(33(24-44)27-8-4-2-5-9-27)37(48)45-18-15-39(50,16-19-45)25-46-26-42-35-32(38(46)49)22-43-47(35)29-10-6-3-7-11-29/h2-13,20-22,26,31,33,50H,14-19,23-25H2,1H3/t31-,33+/m1/s1. The van der Waals surface area contributed by atoms with Crippen LogP contribution < -0.4 is 10.3 Å². The van der Waals surface area contributed by atoms with Crippen LogP contribution in [0.5, 0.6) is 5.88 Å². The highest BCUT2D eigenvalue weighted by molar-refractivity contribution is 7.15. The van der Waals surface area contributed by atoms with Crippen LogP contribution in [0.2, 0.25) is 0 Å². The van der Waals surface area contributed by atoms with E-state index < -0.39 is 5.60 Å². The predicted octanol–water partition coefficient (Wildman–Crippen LogP) is 4.77. The molecule has 12 nitrogen and oxygen atoms in total. The van der Waals surface area contributed by atoms with Crippen LogP contribution in [0.15, 0.2) is 103 Å². The normalized spacial score (nSPS) is 19.2. The maximum absolute atomic E-state index is 14.2. The Bertz CT molecular complexity index is 2210. The number of likely N-dealkylation sites (tertiary alicyclic amines) is 2. The molecule has 0 bridgehead atoms. The van der Waals surface area contributed by atoms with Gasteiger partial charge in [-0.05, 0) is 49.6 Å². The van der Waals surface area contributed by atoms with Crippen LogP contribution >= 0.6 is 11.3 Å². The Morgan fingerprint density at radius 2 is 1.71 bits per heavy atom. The number of methoxy groups -OCH3 is 1. The van der Waals surface area contributed by atoms with E-state index in [-0.39, 0.29) is 29.8 Å². The highest BCUT2D eigenvalue weighted by Crippen LogP contribution is 2.37. The Morgan fingerprint density at radius 3 is 2.44 bits per heavy atom. The van der Waals surface area contributed by atoms with E-state index in [0.717, 1.165) is 52.8 Å². The fraction of sp³-hybridized carbons (Fsp3) is 0.333. The number of carbonyl (C=O) groups excluding carboxylic acids is 1.